The number of amides is 1. The minimum Gasteiger partial charge on any atom is -0.454 e. The van der Waals surface area contributed by atoms with Gasteiger partial charge in [0.2, 0.25) is 12.7 Å². The maximum atomic E-state index is 14.0. The maximum absolute atomic E-state index is 14.0. The highest BCUT2D eigenvalue weighted by atomic mass is 16.7. The summed E-state index contributed by atoms with van der Waals surface area (Å²) in [5.74, 6) is 1.86. The van der Waals surface area contributed by atoms with Crippen LogP contribution in [0.1, 0.15) is 49.9 Å². The lowest BCUT2D eigenvalue weighted by molar-refractivity contribution is -0.134. The lowest BCUT2D eigenvalue weighted by atomic mass is 9.77. The zero-order chi connectivity index (χ0) is 23.5. The molecule has 0 aliphatic carbocycles. The summed E-state index contributed by atoms with van der Waals surface area (Å²) in [5, 5.41) is 7.69. The van der Waals surface area contributed by atoms with Gasteiger partial charge in [0.15, 0.2) is 11.5 Å². The van der Waals surface area contributed by atoms with Gasteiger partial charge in [-0.1, -0.05) is 37.3 Å². The van der Waals surface area contributed by atoms with Crippen molar-refractivity contribution in [2.45, 2.75) is 51.4 Å². The number of fused-ring (bicyclic) bond motifs is 2. The van der Waals surface area contributed by atoms with Crippen molar-refractivity contribution in [2.24, 2.45) is 17.6 Å². The van der Waals surface area contributed by atoms with E-state index in [1.807, 2.05) is 42.5 Å². The number of likely N-dealkylation sites (tertiary alicyclic amines) is 2. The summed E-state index contributed by atoms with van der Waals surface area (Å²) in [4.78, 5) is 18.4. The van der Waals surface area contributed by atoms with Crippen molar-refractivity contribution in [1.82, 2.24) is 9.80 Å². The Morgan fingerprint density at radius 2 is 1.85 bits per heavy atom. The van der Waals surface area contributed by atoms with Crippen LogP contribution in [0.4, 0.5) is 0 Å². The van der Waals surface area contributed by atoms with E-state index in [9.17, 15) is 4.79 Å². The van der Waals surface area contributed by atoms with E-state index in [1.54, 1.807) is 0 Å². The molecule has 0 radical (unpaired) electrons. The Morgan fingerprint density at radius 3 is 2.52 bits per heavy atom. The molecule has 1 amide bonds. The molecule has 3 aliphatic heterocycles. The first-order valence-electron chi connectivity index (χ1n) is 11.6. The molecule has 4 atom stereocenters. The lowest BCUT2D eigenvalue weighted by Gasteiger charge is -2.40. The van der Waals surface area contributed by atoms with Crippen LogP contribution < -0.4 is 15.2 Å². The molecule has 4 unspecified atom stereocenters. The van der Waals surface area contributed by atoms with Gasteiger partial charge in [-0.2, -0.15) is 0 Å². The molecule has 7 nitrogen and oxygen atoms in total. The van der Waals surface area contributed by atoms with Crippen molar-refractivity contribution in [1.29, 1.82) is 5.41 Å². The first kappa shape index (κ1) is 21.8. The van der Waals surface area contributed by atoms with Crippen LogP contribution in [0.2, 0.25) is 0 Å². The first-order valence-corrected chi connectivity index (χ1v) is 11.6. The largest absolute Gasteiger partial charge is 0.454 e. The average Bonchev–Trinajstić information content (AvgIpc) is 3.42. The highest BCUT2D eigenvalue weighted by molar-refractivity contribution is 5.95. The quantitative estimate of drug-likeness (QED) is 0.539. The molecule has 7 heteroatoms. The van der Waals surface area contributed by atoms with Crippen LogP contribution in [-0.2, 0) is 11.3 Å². The summed E-state index contributed by atoms with van der Waals surface area (Å²) in [6.45, 7) is 7.51. The van der Waals surface area contributed by atoms with Crippen LogP contribution in [0.15, 0.2) is 42.5 Å². The van der Waals surface area contributed by atoms with E-state index in [0.29, 0.717) is 12.1 Å². The van der Waals surface area contributed by atoms with Gasteiger partial charge in [0.1, 0.15) is 5.84 Å². The predicted molar refractivity (Wildman–Crippen MR) is 126 cm³/mol. The smallest absolute Gasteiger partial charge is 0.231 e. The Balaban J connectivity index is 1.49. The second-order valence-electron chi connectivity index (χ2n) is 9.93. The van der Waals surface area contributed by atoms with Crippen molar-refractivity contribution in [3.8, 4) is 11.5 Å². The van der Waals surface area contributed by atoms with Crippen molar-refractivity contribution in [3.05, 3.63) is 59.2 Å². The average molecular weight is 449 g/mol. The molecule has 174 valence electrons. The van der Waals surface area contributed by atoms with E-state index in [1.165, 1.54) is 0 Å². The van der Waals surface area contributed by atoms with Crippen molar-refractivity contribution in [2.75, 3.05) is 13.8 Å². The van der Waals surface area contributed by atoms with E-state index in [0.717, 1.165) is 29.0 Å². The Morgan fingerprint density at radius 1 is 1.15 bits per heavy atom. The molecule has 2 aromatic carbocycles. The zero-order valence-electron chi connectivity index (χ0n) is 19.7. The molecule has 0 saturated carbocycles. The fourth-order valence-electron chi connectivity index (χ4n) is 6.21. The SMILES string of the molecule is CCC1C2C(C(=O)N1Cc1ccc3c(c1)OCO3)C(c1ccc(C(=N)N)cc1)N(C)C2(C)C. The summed E-state index contributed by atoms with van der Waals surface area (Å²) in [6.07, 6.45) is 0.907. The van der Waals surface area contributed by atoms with Crippen LogP contribution in [-0.4, -0.2) is 47.0 Å². The standard InChI is InChI=1S/C26H32N4O3/c1-5-18-22-21(25(31)30(18)13-15-6-11-19-20(12-15)33-14-32-19)23(29(4)26(22,2)3)16-7-9-17(10-8-16)24(27)28/h6-12,18,21-23H,5,13-14H2,1-4H3,(H3,27,28). The lowest BCUT2D eigenvalue weighted by Crippen LogP contribution is -2.48. The second-order valence-corrected chi connectivity index (χ2v) is 9.93. The maximum Gasteiger partial charge on any atom is 0.231 e. The zero-order valence-corrected chi connectivity index (χ0v) is 19.7. The molecule has 2 fully saturated rings. The molecule has 5 rings (SSSR count). The van der Waals surface area contributed by atoms with Crippen LogP contribution in [0.5, 0.6) is 11.5 Å². The van der Waals surface area contributed by atoms with Gasteiger partial charge in [0.05, 0.1) is 5.92 Å². The Labute approximate surface area is 195 Å². The third kappa shape index (κ3) is 3.29. The summed E-state index contributed by atoms with van der Waals surface area (Å²) in [6, 6.07) is 13.9. The topological polar surface area (TPSA) is 91.9 Å². The van der Waals surface area contributed by atoms with Gasteiger partial charge in [-0.3, -0.25) is 15.1 Å². The Kier molecular flexibility index (Phi) is 5.12. The fourth-order valence-corrected chi connectivity index (χ4v) is 6.21. The van der Waals surface area contributed by atoms with E-state index >= 15 is 0 Å². The van der Waals surface area contributed by atoms with E-state index in [-0.39, 0.29) is 48.0 Å². The number of nitrogens with zero attached hydrogens (tertiary/aromatic N) is 2. The van der Waals surface area contributed by atoms with Crippen LogP contribution in [0.3, 0.4) is 0 Å². The second kappa shape index (κ2) is 7.76. The molecule has 2 saturated heterocycles. The number of nitrogens with two attached hydrogens (primary N) is 1. The minimum atomic E-state index is -0.144. The van der Waals surface area contributed by atoms with Gasteiger partial charge >= 0.3 is 0 Å². The number of amidine groups is 1. The van der Waals surface area contributed by atoms with Crippen LogP contribution in [0, 0.1) is 17.2 Å². The van der Waals surface area contributed by atoms with Crippen LogP contribution in [0.25, 0.3) is 0 Å². The number of carbonyl (C=O) groups is 1. The van der Waals surface area contributed by atoms with Crippen molar-refractivity contribution < 1.29 is 14.3 Å². The third-order valence-corrected chi connectivity index (χ3v) is 8.02. The predicted octanol–water partition coefficient (Wildman–Crippen LogP) is 3.52. The molecule has 33 heavy (non-hydrogen) atoms. The molecule has 0 spiro atoms. The van der Waals surface area contributed by atoms with E-state index in [2.05, 4.69) is 37.6 Å². The van der Waals surface area contributed by atoms with Crippen molar-refractivity contribution >= 4 is 11.7 Å². The number of benzene rings is 2. The fraction of sp³-hybridized carbons (Fsp3) is 0.462. The highest BCUT2D eigenvalue weighted by Gasteiger charge is 2.63. The summed E-state index contributed by atoms with van der Waals surface area (Å²) < 4.78 is 11.0. The number of carbonyl (C=O) groups excluding carboxylic acids is 1. The minimum absolute atomic E-state index is 0.0192. The molecule has 0 bridgehead atoms. The van der Waals surface area contributed by atoms with Gasteiger partial charge < -0.3 is 20.1 Å². The normalized spacial score (nSPS) is 27.8. The number of ether oxygens (including phenoxy) is 2. The molecule has 0 aromatic heterocycles. The molecular weight excluding hydrogens is 416 g/mol. The Bertz CT molecular complexity index is 1100. The molecule has 3 heterocycles. The number of hydrogen-bond acceptors (Lipinski definition) is 5. The number of nitrogens with one attached hydrogen (secondary N) is 1. The van der Waals surface area contributed by atoms with Crippen LogP contribution >= 0.6 is 0 Å². The van der Waals surface area contributed by atoms with Gasteiger partial charge in [0, 0.05) is 35.6 Å². The number of hydrogen-bond donors (Lipinski definition) is 2. The number of nitrogen functional groups attached to an aromatic ring is 1. The van der Waals surface area contributed by atoms with Gasteiger partial charge in [-0.05, 0) is 50.6 Å². The summed E-state index contributed by atoms with van der Waals surface area (Å²) in [7, 11) is 2.13. The molecule has 2 aromatic rings. The summed E-state index contributed by atoms with van der Waals surface area (Å²) >= 11 is 0. The van der Waals surface area contributed by atoms with Gasteiger partial charge in [0.25, 0.3) is 0 Å². The van der Waals surface area contributed by atoms with Gasteiger partial charge in [-0.25, -0.2) is 0 Å². The van der Waals surface area contributed by atoms with Gasteiger partial charge in [-0.15, -0.1) is 0 Å². The highest BCUT2D eigenvalue weighted by Crippen LogP contribution is 2.56. The first-order chi connectivity index (χ1) is 15.7. The molecular formula is C26H32N4O3. The van der Waals surface area contributed by atoms with E-state index < -0.39 is 0 Å². The van der Waals surface area contributed by atoms with E-state index in [4.69, 9.17) is 20.6 Å². The third-order valence-electron chi connectivity index (χ3n) is 8.02. The number of rotatable bonds is 5. The summed E-state index contributed by atoms with van der Waals surface area (Å²) in [5.41, 5.74) is 8.35. The molecule has 3 aliphatic rings. The molecule has 3 N–H and O–H groups in total. The van der Waals surface area contributed by atoms with Crippen molar-refractivity contribution in [3.63, 3.8) is 0 Å². The monoisotopic (exact) mass is 448 g/mol. The Hall–Kier alpha value is -3.06.